The molecule has 1 heterocycles. The first-order chi connectivity index (χ1) is 15.9. The van der Waals surface area contributed by atoms with Crippen LogP contribution in [-0.2, 0) is 11.3 Å². The molecule has 3 aromatic carbocycles. The number of carbonyl (C=O) groups excluding carboxylic acids is 1. The molecule has 1 amide bonds. The molecule has 0 radical (unpaired) electrons. The van der Waals surface area contributed by atoms with Crippen molar-refractivity contribution in [1.82, 2.24) is 4.90 Å². The fraction of sp³-hybridized carbons (Fsp3) is 0.296. The maximum absolute atomic E-state index is 13.9. The summed E-state index contributed by atoms with van der Waals surface area (Å²) in [6, 6.07) is 20.4. The molecular formula is C27H28ClFN2O2. The summed E-state index contributed by atoms with van der Waals surface area (Å²) in [5.74, 6) is 0.415. The molecule has 4 rings (SSSR count). The molecule has 1 aliphatic rings. The van der Waals surface area contributed by atoms with Gasteiger partial charge in [0.25, 0.3) is 0 Å². The van der Waals surface area contributed by atoms with Gasteiger partial charge in [-0.25, -0.2) is 4.39 Å². The van der Waals surface area contributed by atoms with Crippen LogP contribution in [0.1, 0.15) is 29.0 Å². The van der Waals surface area contributed by atoms with E-state index in [1.54, 1.807) is 14.0 Å². The summed E-state index contributed by atoms with van der Waals surface area (Å²) in [6.07, 6.45) is 0.700. The summed E-state index contributed by atoms with van der Waals surface area (Å²) < 4.78 is 19.1. The van der Waals surface area contributed by atoms with Crippen LogP contribution in [0.3, 0.4) is 0 Å². The Hall–Kier alpha value is -2.89. The van der Waals surface area contributed by atoms with E-state index >= 15 is 0 Å². The van der Waals surface area contributed by atoms with Crippen molar-refractivity contribution in [3.8, 4) is 5.75 Å². The number of piperidine rings is 1. The van der Waals surface area contributed by atoms with Crippen LogP contribution in [0.25, 0.3) is 0 Å². The summed E-state index contributed by atoms with van der Waals surface area (Å²) in [7, 11) is 1.61. The third-order valence-electron chi connectivity index (χ3n) is 6.26. The van der Waals surface area contributed by atoms with E-state index in [0.29, 0.717) is 25.1 Å². The summed E-state index contributed by atoms with van der Waals surface area (Å²) in [4.78, 5) is 15.5. The Bertz CT molecular complexity index is 1120. The lowest BCUT2D eigenvalue weighted by Gasteiger charge is -2.37. The minimum atomic E-state index is -0.212. The minimum Gasteiger partial charge on any atom is -0.497 e. The first kappa shape index (κ1) is 23.3. The van der Waals surface area contributed by atoms with Crippen LogP contribution < -0.4 is 10.1 Å². The minimum absolute atomic E-state index is 0.0205. The molecule has 0 spiro atoms. The van der Waals surface area contributed by atoms with Crippen LogP contribution in [-0.4, -0.2) is 31.0 Å². The molecule has 2 atom stereocenters. The lowest BCUT2D eigenvalue weighted by molar-refractivity contribution is -0.121. The Balaban J connectivity index is 1.55. The molecule has 4 nitrogen and oxygen atoms in total. The molecule has 33 heavy (non-hydrogen) atoms. The van der Waals surface area contributed by atoms with Crippen LogP contribution in [0.5, 0.6) is 5.75 Å². The smallest absolute Gasteiger partial charge is 0.228 e. The number of amides is 1. The molecule has 172 valence electrons. The van der Waals surface area contributed by atoms with Crippen molar-refractivity contribution >= 4 is 23.2 Å². The first-order valence-electron chi connectivity index (χ1n) is 11.1. The molecule has 0 saturated carbocycles. The van der Waals surface area contributed by atoms with Gasteiger partial charge in [-0.2, -0.15) is 0 Å². The third-order valence-corrected chi connectivity index (χ3v) is 6.63. The maximum atomic E-state index is 13.9. The molecule has 3 aromatic rings. The normalized spacial score (nSPS) is 18.7. The lowest BCUT2D eigenvalue weighted by atomic mass is 9.83. The van der Waals surface area contributed by atoms with Gasteiger partial charge in [-0.05, 0) is 72.4 Å². The Morgan fingerprint density at radius 1 is 1.12 bits per heavy atom. The number of anilines is 1. The number of rotatable bonds is 6. The zero-order chi connectivity index (χ0) is 23.4. The molecule has 1 aliphatic heterocycles. The van der Waals surface area contributed by atoms with Crippen molar-refractivity contribution in [3.05, 3.63) is 94.3 Å². The predicted octanol–water partition coefficient (Wildman–Crippen LogP) is 6.04. The van der Waals surface area contributed by atoms with E-state index in [2.05, 4.69) is 10.2 Å². The van der Waals surface area contributed by atoms with E-state index in [1.165, 1.54) is 6.07 Å². The highest BCUT2D eigenvalue weighted by Crippen LogP contribution is 2.33. The second kappa shape index (κ2) is 10.4. The molecule has 0 bridgehead atoms. The molecule has 1 fully saturated rings. The largest absolute Gasteiger partial charge is 0.497 e. The molecule has 6 heteroatoms. The van der Waals surface area contributed by atoms with Gasteiger partial charge >= 0.3 is 0 Å². The number of ether oxygens (including phenoxy) is 1. The summed E-state index contributed by atoms with van der Waals surface area (Å²) >= 11 is 6.41. The number of likely N-dealkylation sites (tertiary alicyclic amines) is 1. The molecule has 0 aliphatic carbocycles. The Labute approximate surface area is 199 Å². The molecular weight excluding hydrogens is 439 g/mol. The van der Waals surface area contributed by atoms with Crippen molar-refractivity contribution < 1.29 is 13.9 Å². The average Bonchev–Trinajstić information content (AvgIpc) is 2.82. The van der Waals surface area contributed by atoms with Gasteiger partial charge in [0, 0.05) is 30.3 Å². The number of aryl methyl sites for hydroxylation is 1. The Morgan fingerprint density at radius 3 is 2.58 bits per heavy atom. The predicted molar refractivity (Wildman–Crippen MR) is 130 cm³/mol. The number of halogens is 2. The van der Waals surface area contributed by atoms with Gasteiger partial charge in [0.1, 0.15) is 11.6 Å². The number of hydrogen-bond donors (Lipinski definition) is 1. The van der Waals surface area contributed by atoms with Gasteiger partial charge in [0.05, 0.1) is 13.0 Å². The SMILES string of the molecule is COc1ccc(NC(=O)[C@@H]2C[C@H](c3ccc(F)c(C)c3)CN(Cc3ccccc3Cl)C2)cc1. The van der Waals surface area contributed by atoms with Crippen LogP contribution in [0.15, 0.2) is 66.7 Å². The van der Waals surface area contributed by atoms with Crippen molar-refractivity contribution in [2.75, 3.05) is 25.5 Å². The van der Waals surface area contributed by atoms with Crippen LogP contribution in [0.4, 0.5) is 10.1 Å². The van der Waals surface area contributed by atoms with E-state index in [1.807, 2.05) is 60.7 Å². The summed E-state index contributed by atoms with van der Waals surface area (Å²) in [6.45, 7) is 3.84. The molecule has 1 N–H and O–H groups in total. The van der Waals surface area contributed by atoms with Crippen molar-refractivity contribution in [1.29, 1.82) is 0 Å². The topological polar surface area (TPSA) is 41.6 Å². The summed E-state index contributed by atoms with van der Waals surface area (Å²) in [5, 5.41) is 3.76. The lowest BCUT2D eigenvalue weighted by Crippen LogP contribution is -2.43. The zero-order valence-electron chi connectivity index (χ0n) is 18.9. The average molecular weight is 467 g/mol. The highest BCUT2D eigenvalue weighted by atomic mass is 35.5. The Morgan fingerprint density at radius 2 is 1.88 bits per heavy atom. The Kier molecular flexibility index (Phi) is 7.31. The molecule has 1 saturated heterocycles. The monoisotopic (exact) mass is 466 g/mol. The fourth-order valence-corrected chi connectivity index (χ4v) is 4.65. The maximum Gasteiger partial charge on any atom is 0.228 e. The standard InChI is InChI=1S/C27H28ClFN2O2/c1-18-13-19(7-12-26(18)29)21-14-22(27(32)30-23-8-10-24(33-2)11-9-23)17-31(16-21)15-20-5-3-4-6-25(20)28/h3-13,21-22H,14-17H2,1-2H3,(H,30,32)/t21-,22+/m0/s1. The van der Waals surface area contributed by atoms with Crippen molar-refractivity contribution in [2.45, 2.75) is 25.8 Å². The van der Waals surface area contributed by atoms with Crippen LogP contribution >= 0.6 is 11.6 Å². The number of carbonyl (C=O) groups is 1. The third kappa shape index (κ3) is 5.73. The van der Waals surface area contributed by atoms with Crippen molar-refractivity contribution in [3.63, 3.8) is 0 Å². The van der Waals surface area contributed by atoms with Gasteiger partial charge in [-0.15, -0.1) is 0 Å². The fourth-order valence-electron chi connectivity index (χ4n) is 4.46. The van der Waals surface area contributed by atoms with Gasteiger partial charge in [-0.1, -0.05) is 41.9 Å². The zero-order valence-corrected chi connectivity index (χ0v) is 19.6. The van der Waals surface area contributed by atoms with E-state index in [-0.39, 0.29) is 23.6 Å². The van der Waals surface area contributed by atoms with E-state index in [4.69, 9.17) is 16.3 Å². The number of methoxy groups -OCH3 is 1. The first-order valence-corrected chi connectivity index (χ1v) is 11.5. The molecule has 0 aromatic heterocycles. The van der Waals surface area contributed by atoms with E-state index < -0.39 is 0 Å². The van der Waals surface area contributed by atoms with Crippen molar-refractivity contribution in [2.24, 2.45) is 5.92 Å². The van der Waals surface area contributed by atoms with Crippen LogP contribution in [0, 0.1) is 18.7 Å². The molecule has 0 unspecified atom stereocenters. The van der Waals surface area contributed by atoms with Gasteiger partial charge < -0.3 is 10.1 Å². The number of benzene rings is 3. The van der Waals surface area contributed by atoms with Crippen LogP contribution in [0.2, 0.25) is 5.02 Å². The number of hydrogen-bond acceptors (Lipinski definition) is 3. The van der Waals surface area contributed by atoms with E-state index in [0.717, 1.165) is 34.1 Å². The van der Waals surface area contributed by atoms with Gasteiger partial charge in [-0.3, -0.25) is 9.69 Å². The quantitative estimate of drug-likeness (QED) is 0.481. The van der Waals surface area contributed by atoms with E-state index in [9.17, 15) is 9.18 Å². The highest BCUT2D eigenvalue weighted by molar-refractivity contribution is 6.31. The number of nitrogens with zero attached hydrogens (tertiary/aromatic N) is 1. The van der Waals surface area contributed by atoms with Gasteiger partial charge in [0.2, 0.25) is 5.91 Å². The van der Waals surface area contributed by atoms with Gasteiger partial charge in [0.15, 0.2) is 0 Å². The summed E-state index contributed by atoms with van der Waals surface area (Å²) in [5.41, 5.74) is 3.44. The second-order valence-electron chi connectivity index (χ2n) is 8.64. The highest BCUT2D eigenvalue weighted by Gasteiger charge is 2.33. The number of nitrogens with one attached hydrogen (secondary N) is 1. The second-order valence-corrected chi connectivity index (χ2v) is 9.05.